The van der Waals surface area contributed by atoms with Gasteiger partial charge in [-0.1, -0.05) is 29.3 Å². The highest BCUT2D eigenvalue weighted by Gasteiger charge is 2.19. The molecule has 0 aliphatic carbocycles. The standard InChI is InChI=1S/C11H14Cl2O3/c1-15-11(16-2)10(14)5-7-3-4-8(12)6-9(7)13/h3-4,6,10-11,14H,5H2,1-2H3. The van der Waals surface area contributed by atoms with Crippen LogP contribution in [0.5, 0.6) is 0 Å². The van der Waals surface area contributed by atoms with Crippen LogP contribution in [-0.4, -0.2) is 31.7 Å². The van der Waals surface area contributed by atoms with Gasteiger partial charge in [0.2, 0.25) is 0 Å². The van der Waals surface area contributed by atoms with Gasteiger partial charge >= 0.3 is 0 Å². The SMILES string of the molecule is COC(OC)C(O)Cc1ccc(Cl)cc1Cl. The van der Waals surface area contributed by atoms with E-state index in [-0.39, 0.29) is 0 Å². The van der Waals surface area contributed by atoms with E-state index in [1.54, 1.807) is 18.2 Å². The highest BCUT2D eigenvalue weighted by atomic mass is 35.5. The van der Waals surface area contributed by atoms with Gasteiger partial charge in [-0.3, -0.25) is 0 Å². The van der Waals surface area contributed by atoms with E-state index in [1.165, 1.54) is 14.2 Å². The first kappa shape index (κ1) is 13.7. The predicted octanol–water partition coefficient (Wildman–Crippen LogP) is 2.52. The van der Waals surface area contributed by atoms with E-state index in [1.807, 2.05) is 0 Å². The molecule has 0 aliphatic heterocycles. The van der Waals surface area contributed by atoms with Crippen LogP contribution in [0.4, 0.5) is 0 Å². The van der Waals surface area contributed by atoms with Crippen LogP contribution in [0.3, 0.4) is 0 Å². The summed E-state index contributed by atoms with van der Waals surface area (Å²) in [4.78, 5) is 0. The molecular weight excluding hydrogens is 251 g/mol. The Morgan fingerprint density at radius 3 is 2.38 bits per heavy atom. The second-order valence-electron chi connectivity index (χ2n) is 3.35. The van der Waals surface area contributed by atoms with Crippen molar-refractivity contribution in [1.82, 2.24) is 0 Å². The molecular formula is C11H14Cl2O3. The summed E-state index contributed by atoms with van der Waals surface area (Å²) >= 11 is 11.8. The van der Waals surface area contributed by atoms with E-state index in [0.717, 1.165) is 5.56 Å². The number of benzene rings is 1. The maximum atomic E-state index is 9.81. The van der Waals surface area contributed by atoms with E-state index >= 15 is 0 Å². The number of rotatable bonds is 5. The third-order valence-electron chi connectivity index (χ3n) is 2.22. The number of halogens is 2. The molecule has 1 atom stereocenters. The summed E-state index contributed by atoms with van der Waals surface area (Å²) in [6.45, 7) is 0. The van der Waals surface area contributed by atoms with Crippen molar-refractivity contribution in [3.05, 3.63) is 33.8 Å². The van der Waals surface area contributed by atoms with Gasteiger partial charge in [-0.25, -0.2) is 0 Å². The molecule has 0 heterocycles. The Bertz CT molecular complexity index is 340. The third kappa shape index (κ3) is 3.61. The summed E-state index contributed by atoms with van der Waals surface area (Å²) in [5.74, 6) is 0. The highest BCUT2D eigenvalue weighted by Crippen LogP contribution is 2.22. The zero-order valence-corrected chi connectivity index (χ0v) is 10.6. The van der Waals surface area contributed by atoms with Crippen LogP contribution in [0.25, 0.3) is 0 Å². The van der Waals surface area contributed by atoms with Crippen molar-refractivity contribution >= 4 is 23.2 Å². The van der Waals surface area contributed by atoms with Crippen molar-refractivity contribution in [2.75, 3.05) is 14.2 Å². The van der Waals surface area contributed by atoms with Gasteiger partial charge in [-0.2, -0.15) is 0 Å². The molecule has 0 amide bonds. The number of aliphatic hydroxyl groups is 1. The molecule has 1 rings (SSSR count). The van der Waals surface area contributed by atoms with Gasteiger partial charge in [0.15, 0.2) is 6.29 Å². The molecule has 0 saturated carbocycles. The van der Waals surface area contributed by atoms with Crippen molar-refractivity contribution < 1.29 is 14.6 Å². The number of hydrogen-bond donors (Lipinski definition) is 1. The topological polar surface area (TPSA) is 38.7 Å². The van der Waals surface area contributed by atoms with E-state index in [0.29, 0.717) is 16.5 Å². The van der Waals surface area contributed by atoms with E-state index in [9.17, 15) is 5.11 Å². The molecule has 1 unspecified atom stereocenters. The molecule has 1 aromatic rings. The Labute approximate surface area is 105 Å². The quantitative estimate of drug-likeness (QED) is 0.831. The van der Waals surface area contributed by atoms with Gasteiger partial charge in [-0.05, 0) is 17.7 Å². The van der Waals surface area contributed by atoms with Crippen molar-refractivity contribution in [3.63, 3.8) is 0 Å². The molecule has 3 nitrogen and oxygen atoms in total. The van der Waals surface area contributed by atoms with Crippen LogP contribution in [0.15, 0.2) is 18.2 Å². The Morgan fingerprint density at radius 2 is 1.88 bits per heavy atom. The molecule has 1 N–H and O–H groups in total. The second-order valence-corrected chi connectivity index (χ2v) is 4.19. The van der Waals surface area contributed by atoms with Crippen LogP contribution in [0.2, 0.25) is 10.0 Å². The van der Waals surface area contributed by atoms with Crippen molar-refractivity contribution in [2.45, 2.75) is 18.8 Å². The van der Waals surface area contributed by atoms with Gasteiger partial charge in [0.05, 0.1) is 0 Å². The molecule has 0 aromatic heterocycles. The van der Waals surface area contributed by atoms with Gasteiger partial charge < -0.3 is 14.6 Å². The molecule has 0 bridgehead atoms. The maximum Gasteiger partial charge on any atom is 0.183 e. The van der Waals surface area contributed by atoms with Crippen LogP contribution >= 0.6 is 23.2 Å². The summed E-state index contributed by atoms with van der Waals surface area (Å²) < 4.78 is 9.91. The van der Waals surface area contributed by atoms with Gasteiger partial charge in [0.1, 0.15) is 6.10 Å². The molecule has 0 saturated heterocycles. The molecule has 5 heteroatoms. The number of ether oxygens (including phenoxy) is 2. The van der Waals surface area contributed by atoms with Crippen molar-refractivity contribution in [3.8, 4) is 0 Å². The van der Waals surface area contributed by atoms with Crippen molar-refractivity contribution in [2.24, 2.45) is 0 Å². The number of hydrogen-bond acceptors (Lipinski definition) is 3. The largest absolute Gasteiger partial charge is 0.387 e. The Morgan fingerprint density at radius 1 is 1.25 bits per heavy atom. The molecule has 0 spiro atoms. The average molecular weight is 265 g/mol. The third-order valence-corrected chi connectivity index (χ3v) is 2.81. The van der Waals surface area contributed by atoms with Crippen LogP contribution in [-0.2, 0) is 15.9 Å². The van der Waals surface area contributed by atoms with E-state index < -0.39 is 12.4 Å². The summed E-state index contributed by atoms with van der Waals surface area (Å²) in [5, 5.41) is 10.9. The smallest absolute Gasteiger partial charge is 0.183 e. The monoisotopic (exact) mass is 264 g/mol. The fourth-order valence-corrected chi connectivity index (χ4v) is 1.90. The van der Waals surface area contributed by atoms with Crippen LogP contribution in [0.1, 0.15) is 5.56 Å². The van der Waals surface area contributed by atoms with Crippen LogP contribution < -0.4 is 0 Å². The lowest BCUT2D eigenvalue weighted by molar-refractivity contribution is -0.163. The molecule has 90 valence electrons. The molecule has 0 radical (unpaired) electrons. The fraction of sp³-hybridized carbons (Fsp3) is 0.455. The van der Waals surface area contributed by atoms with Gasteiger partial charge in [-0.15, -0.1) is 0 Å². The normalized spacial score (nSPS) is 13.1. The first-order valence-electron chi connectivity index (χ1n) is 4.76. The number of aliphatic hydroxyl groups excluding tert-OH is 1. The number of methoxy groups -OCH3 is 2. The lowest BCUT2D eigenvalue weighted by atomic mass is 10.1. The first-order valence-corrected chi connectivity index (χ1v) is 5.51. The first-order chi connectivity index (χ1) is 7.58. The lowest BCUT2D eigenvalue weighted by Gasteiger charge is -2.20. The van der Waals surface area contributed by atoms with Crippen molar-refractivity contribution in [1.29, 1.82) is 0 Å². The van der Waals surface area contributed by atoms with E-state index in [2.05, 4.69) is 0 Å². The zero-order chi connectivity index (χ0) is 12.1. The van der Waals surface area contributed by atoms with Gasteiger partial charge in [0, 0.05) is 30.7 Å². The molecule has 16 heavy (non-hydrogen) atoms. The van der Waals surface area contributed by atoms with Gasteiger partial charge in [0.25, 0.3) is 0 Å². The highest BCUT2D eigenvalue weighted by molar-refractivity contribution is 6.35. The fourth-order valence-electron chi connectivity index (χ4n) is 1.42. The van der Waals surface area contributed by atoms with Crippen LogP contribution in [0, 0.1) is 0 Å². The average Bonchev–Trinajstić information content (AvgIpc) is 2.24. The predicted molar refractivity (Wildman–Crippen MR) is 64.0 cm³/mol. The summed E-state index contributed by atoms with van der Waals surface area (Å²) in [6.07, 6.45) is -1.08. The Balaban J connectivity index is 2.72. The summed E-state index contributed by atoms with van der Waals surface area (Å²) in [7, 11) is 2.95. The minimum absolute atomic E-state index is 0.350. The lowest BCUT2D eigenvalue weighted by Crippen LogP contribution is -2.31. The minimum Gasteiger partial charge on any atom is -0.387 e. The summed E-state index contributed by atoms with van der Waals surface area (Å²) in [5.41, 5.74) is 0.803. The second kappa shape index (κ2) is 6.42. The zero-order valence-electron chi connectivity index (χ0n) is 9.11. The van der Waals surface area contributed by atoms with E-state index in [4.69, 9.17) is 32.7 Å². The summed E-state index contributed by atoms with van der Waals surface area (Å²) in [6, 6.07) is 5.14. The molecule has 0 aliphatic rings. The Kier molecular flexibility index (Phi) is 5.52. The molecule has 1 aromatic carbocycles. The molecule has 0 fully saturated rings. The maximum absolute atomic E-state index is 9.81. The Hall–Kier alpha value is -0.320. The minimum atomic E-state index is -0.770.